The first-order chi connectivity index (χ1) is 18.4. The Balaban J connectivity index is 1.52. The second-order valence-electron chi connectivity index (χ2n) is 8.51. The maximum Gasteiger partial charge on any atom is 0.335 e. The van der Waals surface area contributed by atoms with E-state index in [1.54, 1.807) is 24.3 Å². The SMILES string of the molecule is Cc1ccc(N2C(=O)NC(=O)/C(=C/c3cc(Cl)c(OCC(=O)Nc4ccc(Cl)c(Cl)c4)c(Cl)c3)C2=O)cc1C. The van der Waals surface area contributed by atoms with E-state index in [0.717, 1.165) is 16.0 Å². The van der Waals surface area contributed by atoms with Gasteiger partial charge in [0.05, 0.1) is 25.8 Å². The number of benzene rings is 3. The molecule has 0 bridgehead atoms. The molecule has 4 rings (SSSR count). The van der Waals surface area contributed by atoms with Crippen LogP contribution in [0.2, 0.25) is 20.1 Å². The average Bonchev–Trinajstić information content (AvgIpc) is 2.85. The molecule has 0 aromatic heterocycles. The first-order valence-electron chi connectivity index (χ1n) is 11.3. The molecule has 1 aliphatic rings. The summed E-state index contributed by atoms with van der Waals surface area (Å²) in [6, 6.07) is 11.6. The second kappa shape index (κ2) is 11.7. The Labute approximate surface area is 243 Å². The lowest BCUT2D eigenvalue weighted by Crippen LogP contribution is -2.54. The van der Waals surface area contributed by atoms with Gasteiger partial charge in [0.25, 0.3) is 17.7 Å². The normalized spacial score (nSPS) is 14.5. The highest BCUT2D eigenvalue weighted by Gasteiger charge is 2.37. The molecule has 0 aliphatic carbocycles. The van der Waals surface area contributed by atoms with Gasteiger partial charge in [-0.05, 0) is 79.1 Å². The highest BCUT2D eigenvalue weighted by atomic mass is 35.5. The lowest BCUT2D eigenvalue weighted by molar-refractivity contribution is -0.122. The molecular formula is C27H19Cl4N3O5. The highest BCUT2D eigenvalue weighted by Crippen LogP contribution is 2.35. The Morgan fingerprint density at radius 2 is 1.59 bits per heavy atom. The molecule has 12 heteroatoms. The summed E-state index contributed by atoms with van der Waals surface area (Å²) < 4.78 is 5.50. The van der Waals surface area contributed by atoms with Crippen LogP contribution < -0.4 is 20.3 Å². The third-order valence-electron chi connectivity index (χ3n) is 5.73. The van der Waals surface area contributed by atoms with E-state index in [-0.39, 0.29) is 26.4 Å². The van der Waals surface area contributed by atoms with Crippen molar-refractivity contribution < 1.29 is 23.9 Å². The number of halogens is 4. The predicted molar refractivity (Wildman–Crippen MR) is 152 cm³/mol. The van der Waals surface area contributed by atoms with Crippen LogP contribution in [0, 0.1) is 13.8 Å². The maximum atomic E-state index is 13.2. The standard InChI is InChI=1S/C27H19Cl4N3O5/c1-13-3-5-17(7-14(13)2)34-26(37)18(25(36)33-27(34)38)8-15-9-21(30)24(22(31)10-15)39-12-23(35)32-16-4-6-19(28)20(29)11-16/h3-11H,12H2,1-2H3,(H,32,35)(H,33,36,38)/b18-8-. The van der Waals surface area contributed by atoms with Crippen molar-refractivity contribution in [2.75, 3.05) is 16.8 Å². The van der Waals surface area contributed by atoms with Gasteiger partial charge in [0.2, 0.25) is 0 Å². The second-order valence-corrected chi connectivity index (χ2v) is 10.1. The minimum absolute atomic E-state index is 0.0242. The third kappa shape index (κ3) is 6.37. The molecule has 39 heavy (non-hydrogen) atoms. The highest BCUT2D eigenvalue weighted by molar-refractivity contribution is 6.42. The first kappa shape index (κ1) is 28.4. The summed E-state index contributed by atoms with van der Waals surface area (Å²) in [5, 5.41) is 5.46. The molecule has 2 N–H and O–H groups in total. The van der Waals surface area contributed by atoms with Crippen molar-refractivity contribution in [1.29, 1.82) is 0 Å². The topological polar surface area (TPSA) is 105 Å². The van der Waals surface area contributed by atoms with Gasteiger partial charge in [0.15, 0.2) is 12.4 Å². The first-order valence-corrected chi connectivity index (χ1v) is 12.8. The van der Waals surface area contributed by atoms with E-state index >= 15 is 0 Å². The Morgan fingerprint density at radius 3 is 2.23 bits per heavy atom. The molecule has 3 aromatic carbocycles. The fourth-order valence-corrected chi connectivity index (χ4v) is 4.54. The number of urea groups is 1. The van der Waals surface area contributed by atoms with Gasteiger partial charge in [-0.25, -0.2) is 9.69 Å². The van der Waals surface area contributed by atoms with Gasteiger partial charge in [0, 0.05) is 5.69 Å². The molecule has 0 saturated carbocycles. The fourth-order valence-electron chi connectivity index (χ4n) is 3.63. The summed E-state index contributed by atoms with van der Waals surface area (Å²) in [4.78, 5) is 51.4. The van der Waals surface area contributed by atoms with Crippen LogP contribution in [0.25, 0.3) is 6.08 Å². The number of anilines is 2. The lowest BCUT2D eigenvalue weighted by atomic mass is 10.0. The van der Waals surface area contributed by atoms with Gasteiger partial charge in [-0.3, -0.25) is 19.7 Å². The number of ether oxygens (including phenoxy) is 1. The molecule has 5 amide bonds. The summed E-state index contributed by atoms with van der Waals surface area (Å²) in [6.45, 7) is 3.32. The summed E-state index contributed by atoms with van der Waals surface area (Å²) in [7, 11) is 0. The van der Waals surface area contributed by atoms with Gasteiger partial charge >= 0.3 is 6.03 Å². The molecule has 0 radical (unpaired) electrons. The fraction of sp³-hybridized carbons (Fsp3) is 0.111. The van der Waals surface area contributed by atoms with E-state index in [4.69, 9.17) is 51.1 Å². The van der Waals surface area contributed by atoms with Gasteiger partial charge in [-0.2, -0.15) is 0 Å². The molecule has 3 aromatic rings. The number of rotatable bonds is 6. The number of hydrogen-bond donors (Lipinski definition) is 2. The monoisotopic (exact) mass is 605 g/mol. The molecule has 1 heterocycles. The van der Waals surface area contributed by atoms with E-state index in [1.165, 1.54) is 30.3 Å². The van der Waals surface area contributed by atoms with Crippen LogP contribution in [0.15, 0.2) is 54.1 Å². The lowest BCUT2D eigenvalue weighted by Gasteiger charge is -2.27. The molecule has 0 spiro atoms. The predicted octanol–water partition coefficient (Wildman–Crippen LogP) is 6.60. The van der Waals surface area contributed by atoms with Crippen LogP contribution in [0.4, 0.5) is 16.2 Å². The van der Waals surface area contributed by atoms with Crippen LogP contribution in [-0.2, 0) is 14.4 Å². The van der Waals surface area contributed by atoms with Crippen molar-refractivity contribution in [3.05, 3.63) is 90.9 Å². The number of imide groups is 2. The summed E-state index contributed by atoms with van der Waals surface area (Å²) in [5.74, 6) is -2.15. The quantitative estimate of drug-likeness (QED) is 0.243. The zero-order chi connectivity index (χ0) is 28.4. The van der Waals surface area contributed by atoms with Gasteiger partial charge in [-0.1, -0.05) is 52.5 Å². The molecule has 0 atom stereocenters. The summed E-state index contributed by atoms with van der Waals surface area (Å²) in [5.41, 5.74) is 2.59. The number of hydrogen-bond acceptors (Lipinski definition) is 5. The van der Waals surface area contributed by atoms with Gasteiger partial charge in [-0.15, -0.1) is 0 Å². The molecule has 1 fully saturated rings. The zero-order valence-corrected chi connectivity index (χ0v) is 23.4. The van der Waals surface area contributed by atoms with E-state index in [1.807, 2.05) is 13.8 Å². The molecule has 1 aliphatic heterocycles. The maximum absolute atomic E-state index is 13.2. The minimum atomic E-state index is -0.864. The largest absolute Gasteiger partial charge is 0.481 e. The van der Waals surface area contributed by atoms with Crippen molar-refractivity contribution in [3.63, 3.8) is 0 Å². The molecule has 1 saturated heterocycles. The summed E-state index contributed by atoms with van der Waals surface area (Å²) >= 11 is 24.5. The number of aryl methyl sites for hydroxylation is 2. The van der Waals surface area contributed by atoms with Crippen molar-refractivity contribution in [1.82, 2.24) is 5.32 Å². The summed E-state index contributed by atoms with van der Waals surface area (Å²) in [6.07, 6.45) is 1.26. The Hall–Kier alpha value is -3.56. The smallest absolute Gasteiger partial charge is 0.335 e. The minimum Gasteiger partial charge on any atom is -0.481 e. The van der Waals surface area contributed by atoms with E-state index in [9.17, 15) is 19.2 Å². The van der Waals surface area contributed by atoms with Crippen molar-refractivity contribution >= 4 is 87.6 Å². The number of barbiturate groups is 1. The Bertz CT molecular complexity index is 1550. The van der Waals surface area contributed by atoms with E-state index in [0.29, 0.717) is 22.0 Å². The number of amides is 5. The van der Waals surface area contributed by atoms with Crippen LogP contribution in [0.3, 0.4) is 0 Å². The number of nitrogens with zero attached hydrogens (tertiary/aromatic N) is 1. The number of carbonyl (C=O) groups is 4. The van der Waals surface area contributed by atoms with Crippen LogP contribution >= 0.6 is 46.4 Å². The zero-order valence-electron chi connectivity index (χ0n) is 20.4. The van der Waals surface area contributed by atoms with E-state index in [2.05, 4.69) is 10.6 Å². The van der Waals surface area contributed by atoms with Gasteiger partial charge in [0.1, 0.15) is 5.57 Å². The molecule has 200 valence electrons. The van der Waals surface area contributed by atoms with Gasteiger partial charge < -0.3 is 10.1 Å². The Kier molecular flexibility index (Phi) is 8.51. The van der Waals surface area contributed by atoms with Crippen molar-refractivity contribution in [2.24, 2.45) is 0 Å². The van der Waals surface area contributed by atoms with Crippen molar-refractivity contribution in [2.45, 2.75) is 13.8 Å². The third-order valence-corrected chi connectivity index (χ3v) is 7.03. The number of carbonyl (C=O) groups excluding carboxylic acids is 4. The molecule has 8 nitrogen and oxygen atoms in total. The van der Waals surface area contributed by atoms with Crippen LogP contribution in [-0.4, -0.2) is 30.4 Å². The molecule has 0 unspecified atom stereocenters. The average molecular weight is 607 g/mol. The van der Waals surface area contributed by atoms with Crippen LogP contribution in [0.5, 0.6) is 5.75 Å². The van der Waals surface area contributed by atoms with Crippen molar-refractivity contribution in [3.8, 4) is 5.75 Å². The molecular weight excluding hydrogens is 588 g/mol. The number of nitrogens with one attached hydrogen (secondary N) is 2. The Morgan fingerprint density at radius 1 is 0.897 bits per heavy atom. The van der Waals surface area contributed by atoms with Crippen LogP contribution in [0.1, 0.15) is 16.7 Å². The van der Waals surface area contributed by atoms with E-state index < -0.39 is 30.4 Å².